The minimum atomic E-state index is -0.165. The van der Waals surface area contributed by atoms with Crippen LogP contribution in [0.15, 0.2) is 55.0 Å². The summed E-state index contributed by atoms with van der Waals surface area (Å²) >= 11 is 6.06. The molecule has 3 rings (SSSR count). The number of fused-ring (bicyclic) bond motifs is 1. The number of pyridine rings is 1. The molecule has 0 spiro atoms. The van der Waals surface area contributed by atoms with Crippen LogP contribution < -0.4 is 5.32 Å². The van der Waals surface area contributed by atoms with Crippen LogP contribution in [0.4, 0.5) is 0 Å². The Morgan fingerprint density at radius 1 is 1.20 bits per heavy atom. The summed E-state index contributed by atoms with van der Waals surface area (Å²) in [6.07, 6.45) is 5.33. The Morgan fingerprint density at radius 3 is 2.90 bits per heavy atom. The highest BCUT2D eigenvalue weighted by atomic mass is 35.5. The summed E-state index contributed by atoms with van der Waals surface area (Å²) in [6.45, 7) is 0.389. The van der Waals surface area contributed by atoms with E-state index in [9.17, 15) is 4.79 Å². The standard InChI is InChI=1S/C15H12ClN3O/c16-13-6-2-1-4-11(13)10-18-15(20)12-5-3-8-19-9-7-17-14(12)19/h1-9H,10H2,(H,18,20). The minimum Gasteiger partial charge on any atom is -0.348 e. The van der Waals surface area contributed by atoms with Gasteiger partial charge in [0.05, 0.1) is 5.56 Å². The number of rotatable bonds is 3. The maximum absolute atomic E-state index is 12.2. The summed E-state index contributed by atoms with van der Waals surface area (Å²) in [5.74, 6) is -0.165. The van der Waals surface area contributed by atoms with Gasteiger partial charge in [0.1, 0.15) is 5.65 Å². The number of halogens is 1. The normalized spacial score (nSPS) is 10.7. The SMILES string of the molecule is O=C(NCc1ccccc1Cl)c1cccn2ccnc12. The fraction of sp³-hybridized carbons (Fsp3) is 0.0667. The van der Waals surface area contributed by atoms with Crippen molar-refractivity contribution in [3.8, 4) is 0 Å². The number of nitrogens with one attached hydrogen (secondary N) is 1. The Hall–Kier alpha value is -2.33. The van der Waals surface area contributed by atoms with Gasteiger partial charge in [-0.3, -0.25) is 4.79 Å². The molecule has 0 unspecified atom stereocenters. The number of imidazole rings is 1. The van der Waals surface area contributed by atoms with Crippen LogP contribution in [-0.2, 0) is 6.54 Å². The van der Waals surface area contributed by atoms with E-state index >= 15 is 0 Å². The van der Waals surface area contributed by atoms with Crippen molar-refractivity contribution in [2.75, 3.05) is 0 Å². The van der Waals surface area contributed by atoms with E-state index in [-0.39, 0.29) is 5.91 Å². The average molecular weight is 286 g/mol. The average Bonchev–Trinajstić information content (AvgIpc) is 2.94. The number of hydrogen-bond donors (Lipinski definition) is 1. The molecule has 0 radical (unpaired) electrons. The van der Waals surface area contributed by atoms with Crippen LogP contribution >= 0.6 is 11.6 Å². The maximum Gasteiger partial charge on any atom is 0.255 e. The highest BCUT2D eigenvalue weighted by Crippen LogP contribution is 2.15. The van der Waals surface area contributed by atoms with Gasteiger partial charge in [0.2, 0.25) is 0 Å². The Balaban J connectivity index is 1.80. The molecule has 2 heterocycles. The molecular weight excluding hydrogens is 274 g/mol. The lowest BCUT2D eigenvalue weighted by Crippen LogP contribution is -2.23. The highest BCUT2D eigenvalue weighted by molar-refractivity contribution is 6.31. The van der Waals surface area contributed by atoms with Crippen molar-refractivity contribution in [1.29, 1.82) is 0 Å². The van der Waals surface area contributed by atoms with E-state index in [0.717, 1.165) is 5.56 Å². The molecule has 0 aliphatic heterocycles. The monoisotopic (exact) mass is 285 g/mol. The molecule has 0 aliphatic rings. The van der Waals surface area contributed by atoms with Crippen molar-refractivity contribution in [2.24, 2.45) is 0 Å². The second-order valence-electron chi connectivity index (χ2n) is 4.35. The lowest BCUT2D eigenvalue weighted by Gasteiger charge is -2.07. The first-order valence-electron chi connectivity index (χ1n) is 6.19. The van der Waals surface area contributed by atoms with E-state index in [1.54, 1.807) is 24.5 Å². The third-order valence-corrected chi connectivity index (χ3v) is 3.43. The van der Waals surface area contributed by atoms with Gasteiger partial charge < -0.3 is 9.72 Å². The van der Waals surface area contributed by atoms with Crippen LogP contribution in [0, 0.1) is 0 Å². The number of carbonyl (C=O) groups is 1. The van der Waals surface area contributed by atoms with Gasteiger partial charge in [0, 0.05) is 30.2 Å². The topological polar surface area (TPSA) is 46.4 Å². The van der Waals surface area contributed by atoms with Crippen LogP contribution in [0.2, 0.25) is 5.02 Å². The van der Waals surface area contributed by atoms with Gasteiger partial charge in [-0.15, -0.1) is 0 Å². The molecule has 5 heteroatoms. The van der Waals surface area contributed by atoms with E-state index in [1.165, 1.54) is 0 Å². The highest BCUT2D eigenvalue weighted by Gasteiger charge is 2.11. The molecule has 0 fully saturated rings. The van der Waals surface area contributed by atoms with Crippen LogP contribution in [0.25, 0.3) is 5.65 Å². The first kappa shape index (κ1) is 12.7. The molecule has 0 saturated heterocycles. The zero-order chi connectivity index (χ0) is 13.9. The number of hydrogen-bond acceptors (Lipinski definition) is 2. The Labute approximate surface area is 121 Å². The fourth-order valence-electron chi connectivity index (χ4n) is 2.04. The predicted octanol–water partition coefficient (Wildman–Crippen LogP) is 2.92. The van der Waals surface area contributed by atoms with Crippen molar-refractivity contribution >= 4 is 23.2 Å². The number of nitrogens with zero attached hydrogens (tertiary/aromatic N) is 2. The molecule has 1 aromatic carbocycles. The molecule has 4 nitrogen and oxygen atoms in total. The van der Waals surface area contributed by atoms with Gasteiger partial charge in [-0.05, 0) is 23.8 Å². The number of benzene rings is 1. The van der Waals surface area contributed by atoms with E-state index in [1.807, 2.05) is 34.9 Å². The fourth-order valence-corrected chi connectivity index (χ4v) is 2.24. The molecule has 0 saturated carbocycles. The van der Waals surface area contributed by atoms with Gasteiger partial charge >= 0.3 is 0 Å². The first-order chi connectivity index (χ1) is 9.75. The zero-order valence-corrected chi connectivity index (χ0v) is 11.3. The lowest BCUT2D eigenvalue weighted by molar-refractivity contribution is 0.0952. The van der Waals surface area contributed by atoms with Gasteiger partial charge in [0.15, 0.2) is 0 Å². The van der Waals surface area contributed by atoms with Crippen molar-refractivity contribution in [3.05, 3.63) is 71.1 Å². The molecule has 1 amide bonds. The van der Waals surface area contributed by atoms with Crippen LogP contribution in [0.5, 0.6) is 0 Å². The molecule has 20 heavy (non-hydrogen) atoms. The molecular formula is C15H12ClN3O. The van der Waals surface area contributed by atoms with Crippen molar-refractivity contribution in [3.63, 3.8) is 0 Å². The molecule has 1 N–H and O–H groups in total. The second-order valence-corrected chi connectivity index (χ2v) is 4.76. The van der Waals surface area contributed by atoms with Crippen LogP contribution in [0.3, 0.4) is 0 Å². The minimum absolute atomic E-state index is 0.165. The van der Waals surface area contributed by atoms with Gasteiger partial charge in [-0.2, -0.15) is 0 Å². The predicted molar refractivity (Wildman–Crippen MR) is 77.8 cm³/mol. The summed E-state index contributed by atoms with van der Waals surface area (Å²) in [5, 5.41) is 3.51. The molecule has 0 atom stereocenters. The van der Waals surface area contributed by atoms with Crippen molar-refractivity contribution in [1.82, 2.24) is 14.7 Å². The van der Waals surface area contributed by atoms with E-state index in [0.29, 0.717) is 22.8 Å². The second kappa shape index (κ2) is 5.35. The Morgan fingerprint density at radius 2 is 2.05 bits per heavy atom. The molecule has 2 aromatic heterocycles. The number of amides is 1. The summed E-state index contributed by atoms with van der Waals surface area (Å²) in [5.41, 5.74) is 2.08. The molecule has 100 valence electrons. The van der Waals surface area contributed by atoms with E-state index in [2.05, 4.69) is 10.3 Å². The third kappa shape index (κ3) is 2.38. The summed E-state index contributed by atoms with van der Waals surface area (Å²) in [4.78, 5) is 16.4. The van der Waals surface area contributed by atoms with Crippen molar-refractivity contribution < 1.29 is 4.79 Å². The molecule has 0 bridgehead atoms. The summed E-state index contributed by atoms with van der Waals surface area (Å²) in [7, 11) is 0. The molecule has 3 aromatic rings. The smallest absolute Gasteiger partial charge is 0.255 e. The zero-order valence-electron chi connectivity index (χ0n) is 10.6. The molecule has 0 aliphatic carbocycles. The Kier molecular flexibility index (Phi) is 3.39. The number of aromatic nitrogens is 2. The van der Waals surface area contributed by atoms with Gasteiger partial charge in [0.25, 0.3) is 5.91 Å². The largest absolute Gasteiger partial charge is 0.348 e. The van der Waals surface area contributed by atoms with Crippen molar-refractivity contribution in [2.45, 2.75) is 6.54 Å². The summed E-state index contributed by atoms with van der Waals surface area (Å²) in [6, 6.07) is 11.0. The summed E-state index contributed by atoms with van der Waals surface area (Å²) < 4.78 is 1.81. The van der Waals surface area contributed by atoms with Crippen LogP contribution in [-0.4, -0.2) is 15.3 Å². The third-order valence-electron chi connectivity index (χ3n) is 3.06. The lowest BCUT2D eigenvalue weighted by atomic mass is 10.2. The van der Waals surface area contributed by atoms with E-state index < -0.39 is 0 Å². The van der Waals surface area contributed by atoms with E-state index in [4.69, 9.17) is 11.6 Å². The van der Waals surface area contributed by atoms with Gasteiger partial charge in [-0.1, -0.05) is 29.8 Å². The maximum atomic E-state index is 12.2. The first-order valence-corrected chi connectivity index (χ1v) is 6.57. The Bertz CT molecular complexity index is 766. The number of carbonyl (C=O) groups excluding carboxylic acids is 1. The quantitative estimate of drug-likeness (QED) is 0.804. The van der Waals surface area contributed by atoms with Gasteiger partial charge in [-0.25, -0.2) is 4.98 Å². The van der Waals surface area contributed by atoms with Crippen LogP contribution in [0.1, 0.15) is 15.9 Å².